The van der Waals surface area contributed by atoms with E-state index >= 15 is 0 Å². The maximum Gasteiger partial charge on any atom is 0.241 e. The SMILES string of the molecule is C[C@H](CCc1ccccc1)NC(=O)[C@@H](Cc1ccccc1)NS(=O)(=O)c1ccc(F)cc1. The number of hydrogen-bond donors (Lipinski definition) is 2. The number of carbonyl (C=O) groups excluding carboxylic acids is 1. The molecule has 5 nitrogen and oxygen atoms in total. The van der Waals surface area contributed by atoms with Crippen LogP contribution in [0, 0.1) is 5.82 Å². The quantitative estimate of drug-likeness (QED) is 0.489. The average molecular weight is 455 g/mol. The molecule has 0 saturated heterocycles. The molecule has 1 amide bonds. The molecule has 3 rings (SSSR count). The number of aryl methyl sites for hydroxylation is 1. The van der Waals surface area contributed by atoms with Crippen LogP contribution in [-0.4, -0.2) is 26.4 Å². The molecule has 32 heavy (non-hydrogen) atoms. The van der Waals surface area contributed by atoms with Crippen LogP contribution in [0.25, 0.3) is 0 Å². The molecule has 0 heterocycles. The van der Waals surface area contributed by atoms with Gasteiger partial charge in [0.2, 0.25) is 15.9 Å². The molecule has 0 aliphatic rings. The molecular formula is C25H27FN2O3S. The third-order valence-electron chi connectivity index (χ3n) is 5.12. The van der Waals surface area contributed by atoms with Crippen molar-refractivity contribution in [2.24, 2.45) is 0 Å². The monoisotopic (exact) mass is 454 g/mol. The second-order valence-corrected chi connectivity index (χ2v) is 9.47. The standard InChI is InChI=1S/C25H27FN2O3S/c1-19(12-13-20-8-4-2-5-9-20)27-25(29)24(18-21-10-6-3-7-11-21)28-32(30,31)23-16-14-22(26)15-17-23/h2-11,14-17,19,24,28H,12-13,18H2,1H3,(H,27,29)/t19-,24-/m1/s1. The van der Waals surface area contributed by atoms with Crippen LogP contribution in [0.5, 0.6) is 0 Å². The van der Waals surface area contributed by atoms with Gasteiger partial charge >= 0.3 is 0 Å². The molecule has 0 radical (unpaired) electrons. The lowest BCUT2D eigenvalue weighted by Crippen LogP contribution is -2.50. The van der Waals surface area contributed by atoms with Gasteiger partial charge in [-0.25, -0.2) is 12.8 Å². The molecule has 168 valence electrons. The maximum absolute atomic E-state index is 13.2. The highest BCUT2D eigenvalue weighted by Crippen LogP contribution is 2.13. The van der Waals surface area contributed by atoms with Crippen LogP contribution in [0.15, 0.2) is 89.8 Å². The predicted molar refractivity (Wildman–Crippen MR) is 123 cm³/mol. The second-order valence-electron chi connectivity index (χ2n) is 7.75. The topological polar surface area (TPSA) is 75.3 Å². The average Bonchev–Trinajstić information content (AvgIpc) is 2.79. The van der Waals surface area contributed by atoms with Crippen molar-refractivity contribution in [3.63, 3.8) is 0 Å². The smallest absolute Gasteiger partial charge is 0.241 e. The summed E-state index contributed by atoms with van der Waals surface area (Å²) in [5.74, 6) is -0.935. The molecule has 0 aliphatic heterocycles. The van der Waals surface area contributed by atoms with Crippen molar-refractivity contribution in [3.8, 4) is 0 Å². The molecule has 7 heteroatoms. The Kier molecular flexibility index (Phi) is 8.14. The van der Waals surface area contributed by atoms with Gasteiger partial charge in [0.15, 0.2) is 0 Å². The Bertz CT molecular complexity index is 1100. The summed E-state index contributed by atoms with van der Waals surface area (Å²) in [6.07, 6.45) is 1.71. The Balaban J connectivity index is 1.71. The summed E-state index contributed by atoms with van der Waals surface area (Å²) in [6, 6.07) is 22.5. The zero-order valence-electron chi connectivity index (χ0n) is 17.9. The first-order chi connectivity index (χ1) is 15.3. The lowest BCUT2D eigenvalue weighted by atomic mass is 10.0. The Hall–Kier alpha value is -3.03. The van der Waals surface area contributed by atoms with Crippen LogP contribution < -0.4 is 10.0 Å². The largest absolute Gasteiger partial charge is 0.352 e. The van der Waals surface area contributed by atoms with Gasteiger partial charge in [-0.3, -0.25) is 4.79 Å². The van der Waals surface area contributed by atoms with Crippen LogP contribution in [0.4, 0.5) is 4.39 Å². The van der Waals surface area contributed by atoms with E-state index in [-0.39, 0.29) is 17.4 Å². The zero-order valence-corrected chi connectivity index (χ0v) is 18.7. The fourth-order valence-electron chi connectivity index (χ4n) is 3.35. The Morgan fingerprint density at radius 2 is 1.44 bits per heavy atom. The van der Waals surface area contributed by atoms with Gasteiger partial charge in [-0.1, -0.05) is 60.7 Å². The summed E-state index contributed by atoms with van der Waals surface area (Å²) in [4.78, 5) is 12.9. The zero-order chi connectivity index (χ0) is 23.0. The van der Waals surface area contributed by atoms with Gasteiger partial charge in [0.25, 0.3) is 0 Å². The number of sulfonamides is 1. The highest BCUT2D eigenvalue weighted by Gasteiger charge is 2.27. The van der Waals surface area contributed by atoms with E-state index in [1.807, 2.05) is 67.6 Å². The summed E-state index contributed by atoms with van der Waals surface area (Å²) in [5, 5.41) is 2.93. The molecule has 2 N–H and O–H groups in total. The van der Waals surface area contributed by atoms with Crippen molar-refractivity contribution in [1.29, 1.82) is 0 Å². The number of rotatable bonds is 10. The fraction of sp³-hybridized carbons (Fsp3) is 0.240. The molecule has 0 spiro atoms. The normalized spacial score (nSPS) is 13.3. The minimum Gasteiger partial charge on any atom is -0.352 e. The summed E-state index contributed by atoms with van der Waals surface area (Å²) < 4.78 is 41.4. The Labute approximate surface area is 188 Å². The van der Waals surface area contributed by atoms with E-state index in [4.69, 9.17) is 0 Å². The van der Waals surface area contributed by atoms with Crippen LogP contribution in [0.1, 0.15) is 24.5 Å². The van der Waals surface area contributed by atoms with Gasteiger partial charge in [0.05, 0.1) is 4.90 Å². The summed E-state index contributed by atoms with van der Waals surface area (Å²) >= 11 is 0. The Morgan fingerprint density at radius 3 is 2.03 bits per heavy atom. The third-order valence-corrected chi connectivity index (χ3v) is 6.61. The van der Waals surface area contributed by atoms with E-state index in [2.05, 4.69) is 10.0 Å². The second kappa shape index (κ2) is 11.0. The fourth-order valence-corrected chi connectivity index (χ4v) is 4.55. The van der Waals surface area contributed by atoms with Crippen LogP contribution in [0.3, 0.4) is 0 Å². The van der Waals surface area contributed by atoms with Crippen molar-refractivity contribution in [1.82, 2.24) is 10.0 Å². The van der Waals surface area contributed by atoms with E-state index in [1.54, 1.807) is 0 Å². The molecule has 0 aromatic heterocycles. The molecule has 0 fully saturated rings. The molecule has 0 unspecified atom stereocenters. The van der Waals surface area contributed by atoms with E-state index < -0.39 is 27.8 Å². The van der Waals surface area contributed by atoms with E-state index in [1.165, 1.54) is 17.7 Å². The van der Waals surface area contributed by atoms with Gasteiger partial charge < -0.3 is 5.32 Å². The summed E-state index contributed by atoms with van der Waals surface area (Å²) in [5.41, 5.74) is 2.00. The van der Waals surface area contributed by atoms with Gasteiger partial charge in [0.1, 0.15) is 11.9 Å². The highest BCUT2D eigenvalue weighted by atomic mass is 32.2. The minimum absolute atomic E-state index is 0.0955. The van der Waals surface area contributed by atoms with Crippen molar-refractivity contribution in [2.45, 2.75) is 43.2 Å². The number of halogens is 1. The van der Waals surface area contributed by atoms with Crippen LogP contribution in [0.2, 0.25) is 0 Å². The molecule has 0 bridgehead atoms. The first kappa shape index (κ1) is 23.6. The van der Waals surface area contributed by atoms with Crippen molar-refractivity contribution in [3.05, 3.63) is 102 Å². The van der Waals surface area contributed by atoms with E-state index in [9.17, 15) is 17.6 Å². The Morgan fingerprint density at radius 1 is 0.875 bits per heavy atom. The molecule has 3 aromatic carbocycles. The number of amides is 1. The molecule has 3 aromatic rings. The molecule has 0 aliphatic carbocycles. The minimum atomic E-state index is -4.01. The third kappa shape index (κ3) is 7.00. The van der Waals surface area contributed by atoms with Gasteiger partial charge in [0, 0.05) is 6.04 Å². The van der Waals surface area contributed by atoms with Gasteiger partial charge in [-0.05, 0) is 61.6 Å². The summed E-state index contributed by atoms with van der Waals surface area (Å²) in [7, 11) is -4.01. The van der Waals surface area contributed by atoms with Gasteiger partial charge in [-0.2, -0.15) is 4.72 Å². The van der Waals surface area contributed by atoms with E-state index in [0.717, 1.165) is 30.5 Å². The van der Waals surface area contributed by atoms with Gasteiger partial charge in [-0.15, -0.1) is 0 Å². The van der Waals surface area contributed by atoms with Crippen LogP contribution >= 0.6 is 0 Å². The first-order valence-corrected chi connectivity index (χ1v) is 12.0. The molecular weight excluding hydrogens is 427 g/mol. The maximum atomic E-state index is 13.2. The van der Waals surface area contributed by atoms with Crippen molar-refractivity contribution >= 4 is 15.9 Å². The number of carbonyl (C=O) groups is 1. The van der Waals surface area contributed by atoms with Crippen LogP contribution in [-0.2, 0) is 27.7 Å². The summed E-state index contributed by atoms with van der Waals surface area (Å²) in [6.45, 7) is 1.90. The van der Waals surface area contributed by atoms with Crippen molar-refractivity contribution < 1.29 is 17.6 Å². The predicted octanol–water partition coefficient (Wildman–Crippen LogP) is 3.85. The molecule has 0 saturated carbocycles. The number of hydrogen-bond acceptors (Lipinski definition) is 3. The lowest BCUT2D eigenvalue weighted by Gasteiger charge is -2.22. The highest BCUT2D eigenvalue weighted by molar-refractivity contribution is 7.89. The lowest BCUT2D eigenvalue weighted by molar-refractivity contribution is -0.123. The molecule has 2 atom stereocenters. The first-order valence-electron chi connectivity index (χ1n) is 10.5. The van der Waals surface area contributed by atoms with Crippen molar-refractivity contribution in [2.75, 3.05) is 0 Å². The number of benzene rings is 3. The van der Waals surface area contributed by atoms with E-state index in [0.29, 0.717) is 0 Å². The number of nitrogens with one attached hydrogen (secondary N) is 2.